The Balaban J connectivity index is 1.51. The Morgan fingerprint density at radius 1 is 1.19 bits per heavy atom. The van der Waals surface area contributed by atoms with Crippen LogP contribution in [-0.4, -0.2) is 30.3 Å². The van der Waals surface area contributed by atoms with E-state index in [1.807, 2.05) is 24.3 Å². The normalized spacial score (nSPS) is 11.0. The van der Waals surface area contributed by atoms with Crippen molar-refractivity contribution >= 4 is 44.9 Å². The van der Waals surface area contributed by atoms with Gasteiger partial charge in [0.25, 0.3) is 5.91 Å². The van der Waals surface area contributed by atoms with Gasteiger partial charge in [-0.3, -0.25) is 9.48 Å². The van der Waals surface area contributed by atoms with E-state index in [0.29, 0.717) is 27.5 Å². The summed E-state index contributed by atoms with van der Waals surface area (Å²) >= 11 is 9.37. The van der Waals surface area contributed by atoms with Crippen LogP contribution in [0.1, 0.15) is 16.1 Å². The molecule has 3 heterocycles. The second kappa shape index (κ2) is 6.89. The van der Waals surface area contributed by atoms with Crippen molar-refractivity contribution in [3.8, 4) is 0 Å². The van der Waals surface area contributed by atoms with Crippen LogP contribution < -0.4 is 5.32 Å². The Bertz CT molecular complexity index is 1110. The second-order valence-corrected chi connectivity index (χ2v) is 6.76. The van der Waals surface area contributed by atoms with Gasteiger partial charge in [0.2, 0.25) is 0 Å². The summed E-state index contributed by atoms with van der Waals surface area (Å²) in [5.74, 6) is 0.0734. The molecule has 0 unspecified atom stereocenters. The zero-order valence-electron chi connectivity index (χ0n) is 13.3. The number of anilines is 1. The van der Waals surface area contributed by atoms with E-state index >= 15 is 0 Å². The van der Waals surface area contributed by atoms with Crippen molar-refractivity contribution in [1.29, 1.82) is 0 Å². The van der Waals surface area contributed by atoms with Gasteiger partial charge in [-0.25, -0.2) is 9.50 Å². The highest BCUT2D eigenvalue weighted by Crippen LogP contribution is 2.21. The van der Waals surface area contributed by atoms with E-state index in [4.69, 9.17) is 11.6 Å². The summed E-state index contributed by atoms with van der Waals surface area (Å²) in [6.45, 7) is 0.554. The van der Waals surface area contributed by atoms with Crippen molar-refractivity contribution < 1.29 is 4.79 Å². The van der Waals surface area contributed by atoms with Gasteiger partial charge in [-0.2, -0.15) is 10.2 Å². The van der Waals surface area contributed by atoms with Crippen LogP contribution in [0.4, 0.5) is 5.82 Å². The molecule has 7 nitrogen and oxygen atoms in total. The lowest BCUT2D eigenvalue weighted by atomic mass is 10.2. The van der Waals surface area contributed by atoms with E-state index in [-0.39, 0.29) is 11.6 Å². The van der Waals surface area contributed by atoms with Gasteiger partial charge in [0, 0.05) is 29.7 Å². The molecule has 0 radical (unpaired) electrons. The van der Waals surface area contributed by atoms with Gasteiger partial charge < -0.3 is 5.32 Å². The molecule has 0 aliphatic rings. The van der Waals surface area contributed by atoms with Gasteiger partial charge in [0.15, 0.2) is 17.2 Å². The van der Waals surface area contributed by atoms with Crippen LogP contribution in [0, 0.1) is 0 Å². The third-order valence-corrected chi connectivity index (χ3v) is 4.64. The standard InChI is InChI=1S/C17H12BrClN6O/c18-14-15(23-25-7-2-6-20-16(14)25)17(26)21-13-5-8-24(22-13)10-11-3-1-4-12(19)9-11/h1-9H,10H2,(H,21,22,26). The Kier molecular flexibility index (Phi) is 4.44. The number of rotatable bonds is 4. The Labute approximate surface area is 161 Å². The molecule has 0 aliphatic heterocycles. The molecule has 0 fully saturated rings. The Morgan fingerprint density at radius 3 is 2.88 bits per heavy atom. The molecule has 130 valence electrons. The highest BCUT2D eigenvalue weighted by molar-refractivity contribution is 9.10. The van der Waals surface area contributed by atoms with Gasteiger partial charge in [-0.05, 0) is 39.7 Å². The van der Waals surface area contributed by atoms with E-state index in [2.05, 4.69) is 36.4 Å². The number of nitrogens with zero attached hydrogens (tertiary/aromatic N) is 5. The molecule has 0 saturated heterocycles. The van der Waals surface area contributed by atoms with Crippen molar-refractivity contribution in [1.82, 2.24) is 24.4 Å². The highest BCUT2D eigenvalue weighted by Gasteiger charge is 2.19. The molecule has 4 aromatic rings. The quantitative estimate of drug-likeness (QED) is 0.535. The number of carbonyl (C=O) groups is 1. The molecule has 4 rings (SSSR count). The van der Waals surface area contributed by atoms with E-state index in [1.165, 1.54) is 4.52 Å². The summed E-state index contributed by atoms with van der Waals surface area (Å²) in [4.78, 5) is 16.7. The fourth-order valence-electron chi connectivity index (χ4n) is 2.52. The number of nitrogens with one attached hydrogen (secondary N) is 1. The number of benzene rings is 1. The molecular weight excluding hydrogens is 420 g/mol. The minimum Gasteiger partial charge on any atom is -0.304 e. The highest BCUT2D eigenvalue weighted by atomic mass is 79.9. The van der Waals surface area contributed by atoms with E-state index in [1.54, 1.807) is 35.4 Å². The predicted molar refractivity (Wildman–Crippen MR) is 101 cm³/mol. The molecule has 1 aromatic carbocycles. The summed E-state index contributed by atoms with van der Waals surface area (Å²) in [5, 5.41) is 12.0. The van der Waals surface area contributed by atoms with Crippen LogP contribution in [0.25, 0.3) is 5.65 Å². The minimum absolute atomic E-state index is 0.244. The molecule has 3 aromatic heterocycles. The summed E-state index contributed by atoms with van der Waals surface area (Å²) in [6, 6.07) is 11.0. The molecule has 1 N–H and O–H groups in total. The van der Waals surface area contributed by atoms with Crippen LogP contribution in [0.15, 0.2) is 59.5 Å². The summed E-state index contributed by atoms with van der Waals surface area (Å²) in [6.07, 6.45) is 5.15. The third kappa shape index (κ3) is 3.33. The van der Waals surface area contributed by atoms with E-state index in [0.717, 1.165) is 5.56 Å². The number of carbonyl (C=O) groups excluding carboxylic acids is 1. The first-order chi connectivity index (χ1) is 12.6. The first-order valence-corrected chi connectivity index (χ1v) is 8.85. The molecule has 0 aliphatic carbocycles. The summed E-state index contributed by atoms with van der Waals surface area (Å²) in [7, 11) is 0. The van der Waals surface area contributed by atoms with Gasteiger partial charge >= 0.3 is 0 Å². The largest absolute Gasteiger partial charge is 0.304 e. The molecule has 26 heavy (non-hydrogen) atoms. The SMILES string of the molecule is O=C(Nc1ccn(Cc2cccc(Cl)c2)n1)c1nn2cccnc2c1Br. The predicted octanol–water partition coefficient (Wildman–Crippen LogP) is 3.64. The summed E-state index contributed by atoms with van der Waals surface area (Å²) in [5.41, 5.74) is 1.84. The van der Waals surface area contributed by atoms with Crippen LogP contribution >= 0.6 is 27.5 Å². The molecule has 0 atom stereocenters. The number of halogens is 2. The maximum Gasteiger partial charge on any atom is 0.278 e. The Hall–Kier alpha value is -2.71. The maximum atomic E-state index is 12.5. The average Bonchev–Trinajstić information content (AvgIpc) is 3.20. The van der Waals surface area contributed by atoms with E-state index in [9.17, 15) is 4.79 Å². The van der Waals surface area contributed by atoms with Crippen molar-refractivity contribution in [3.63, 3.8) is 0 Å². The third-order valence-electron chi connectivity index (χ3n) is 3.67. The maximum absolute atomic E-state index is 12.5. The molecule has 9 heteroatoms. The van der Waals surface area contributed by atoms with Gasteiger partial charge in [-0.15, -0.1) is 0 Å². The molecular formula is C17H12BrClN6O. The van der Waals surface area contributed by atoms with Gasteiger partial charge in [0.1, 0.15) is 0 Å². The molecule has 0 bridgehead atoms. The molecule has 0 saturated carbocycles. The Morgan fingerprint density at radius 2 is 2.08 bits per heavy atom. The van der Waals surface area contributed by atoms with Crippen molar-refractivity contribution in [2.45, 2.75) is 6.54 Å². The number of amides is 1. The van der Waals surface area contributed by atoms with Crippen molar-refractivity contribution in [2.75, 3.05) is 5.32 Å². The fourth-order valence-corrected chi connectivity index (χ4v) is 3.27. The first kappa shape index (κ1) is 16.7. The number of aromatic nitrogens is 5. The van der Waals surface area contributed by atoms with Gasteiger partial charge in [-0.1, -0.05) is 23.7 Å². The van der Waals surface area contributed by atoms with Crippen LogP contribution in [-0.2, 0) is 6.54 Å². The molecule has 0 spiro atoms. The topological polar surface area (TPSA) is 77.1 Å². The zero-order chi connectivity index (χ0) is 18.1. The summed E-state index contributed by atoms with van der Waals surface area (Å²) < 4.78 is 3.80. The first-order valence-electron chi connectivity index (χ1n) is 7.68. The monoisotopic (exact) mass is 430 g/mol. The number of hydrogen-bond donors (Lipinski definition) is 1. The van der Waals surface area contributed by atoms with Gasteiger partial charge in [0.05, 0.1) is 11.0 Å². The number of hydrogen-bond acceptors (Lipinski definition) is 4. The lowest BCUT2D eigenvalue weighted by molar-refractivity contribution is 0.102. The zero-order valence-corrected chi connectivity index (χ0v) is 15.6. The van der Waals surface area contributed by atoms with Crippen LogP contribution in [0.5, 0.6) is 0 Å². The molecule has 1 amide bonds. The fraction of sp³-hybridized carbons (Fsp3) is 0.0588. The van der Waals surface area contributed by atoms with Crippen molar-refractivity contribution in [2.24, 2.45) is 0 Å². The number of fused-ring (bicyclic) bond motifs is 1. The van der Waals surface area contributed by atoms with Crippen molar-refractivity contribution in [3.05, 3.63) is 75.7 Å². The smallest absolute Gasteiger partial charge is 0.278 e. The van der Waals surface area contributed by atoms with Crippen LogP contribution in [0.3, 0.4) is 0 Å². The minimum atomic E-state index is -0.365. The average molecular weight is 432 g/mol. The van der Waals surface area contributed by atoms with Crippen LogP contribution in [0.2, 0.25) is 5.02 Å². The van der Waals surface area contributed by atoms with E-state index < -0.39 is 0 Å². The second-order valence-electron chi connectivity index (χ2n) is 5.53. The lowest BCUT2D eigenvalue weighted by Gasteiger charge is -2.03. The lowest BCUT2D eigenvalue weighted by Crippen LogP contribution is -2.14.